The Morgan fingerprint density at radius 3 is 2.59 bits per heavy atom. The van der Waals surface area contributed by atoms with E-state index < -0.39 is 17.8 Å². The van der Waals surface area contributed by atoms with Crippen LogP contribution in [0.25, 0.3) is 0 Å². The number of amides is 1. The number of aliphatic carboxylic acids is 1. The summed E-state index contributed by atoms with van der Waals surface area (Å²) in [7, 11) is 0. The van der Waals surface area contributed by atoms with E-state index in [0.29, 0.717) is 30.9 Å². The van der Waals surface area contributed by atoms with Crippen LogP contribution in [0.15, 0.2) is 36.4 Å². The van der Waals surface area contributed by atoms with Gasteiger partial charge >= 0.3 is 5.97 Å². The highest BCUT2D eigenvalue weighted by Crippen LogP contribution is 2.29. The number of ether oxygens (including phenoxy) is 1. The standard InChI is InChI=1S/C17H21NO4/c1-2-11-22-15-10-6-5-9-14(15)18-16(19)12-7-3-4-8-13(12)17(20)21/h3-6,9-10,12-13H,2,7-8,11H2,1H3,(H,18,19)(H,20,21)/t12-,13-/m0/s1. The lowest BCUT2D eigenvalue weighted by molar-refractivity contribution is -0.146. The van der Waals surface area contributed by atoms with Crippen molar-refractivity contribution in [3.63, 3.8) is 0 Å². The minimum atomic E-state index is -0.931. The molecule has 0 fully saturated rings. The van der Waals surface area contributed by atoms with Crippen LogP contribution < -0.4 is 10.1 Å². The molecule has 0 heterocycles. The molecule has 0 bridgehead atoms. The monoisotopic (exact) mass is 303 g/mol. The van der Waals surface area contributed by atoms with E-state index in [1.54, 1.807) is 12.1 Å². The first kappa shape index (κ1) is 16.1. The molecule has 1 amide bonds. The third kappa shape index (κ3) is 3.87. The van der Waals surface area contributed by atoms with Crippen molar-refractivity contribution in [1.82, 2.24) is 0 Å². The smallest absolute Gasteiger partial charge is 0.307 e. The van der Waals surface area contributed by atoms with E-state index in [4.69, 9.17) is 4.74 Å². The molecule has 5 nitrogen and oxygen atoms in total. The van der Waals surface area contributed by atoms with Gasteiger partial charge in [0.1, 0.15) is 5.75 Å². The molecule has 22 heavy (non-hydrogen) atoms. The first-order valence-corrected chi connectivity index (χ1v) is 7.54. The number of anilines is 1. The zero-order chi connectivity index (χ0) is 15.9. The molecule has 1 aromatic carbocycles. The molecular formula is C17H21NO4. The largest absolute Gasteiger partial charge is 0.491 e. The first-order chi connectivity index (χ1) is 10.6. The lowest BCUT2D eigenvalue weighted by atomic mass is 9.82. The quantitative estimate of drug-likeness (QED) is 0.792. The van der Waals surface area contributed by atoms with Crippen LogP contribution in [0.5, 0.6) is 5.75 Å². The summed E-state index contributed by atoms with van der Waals surface area (Å²) in [6, 6.07) is 7.20. The number of allylic oxidation sites excluding steroid dienone is 2. The molecule has 0 aromatic heterocycles. The molecule has 0 aliphatic heterocycles. The second-order valence-corrected chi connectivity index (χ2v) is 5.33. The topological polar surface area (TPSA) is 75.6 Å². The molecule has 0 saturated heterocycles. The van der Waals surface area contributed by atoms with Gasteiger partial charge in [0.25, 0.3) is 0 Å². The number of carboxylic acids is 1. The highest BCUT2D eigenvalue weighted by atomic mass is 16.5. The molecule has 118 valence electrons. The maximum absolute atomic E-state index is 12.4. The van der Waals surface area contributed by atoms with Gasteiger partial charge in [0.2, 0.25) is 5.91 Å². The Balaban J connectivity index is 2.11. The molecule has 0 saturated carbocycles. The van der Waals surface area contributed by atoms with Gasteiger partial charge in [-0.05, 0) is 31.4 Å². The van der Waals surface area contributed by atoms with E-state index >= 15 is 0 Å². The highest BCUT2D eigenvalue weighted by Gasteiger charge is 2.34. The molecule has 1 aliphatic carbocycles. The van der Waals surface area contributed by atoms with Crippen molar-refractivity contribution in [3.8, 4) is 5.75 Å². The first-order valence-electron chi connectivity index (χ1n) is 7.54. The third-order valence-electron chi connectivity index (χ3n) is 3.69. The normalized spacial score (nSPS) is 20.4. The van der Waals surface area contributed by atoms with Gasteiger partial charge < -0.3 is 15.2 Å². The number of rotatable bonds is 6. The number of hydrogen-bond donors (Lipinski definition) is 2. The number of para-hydroxylation sites is 2. The summed E-state index contributed by atoms with van der Waals surface area (Å²) in [5.41, 5.74) is 0.583. The van der Waals surface area contributed by atoms with Crippen LogP contribution in [0.4, 0.5) is 5.69 Å². The summed E-state index contributed by atoms with van der Waals surface area (Å²) in [5, 5.41) is 12.1. The maximum atomic E-state index is 12.4. The average Bonchev–Trinajstić information content (AvgIpc) is 2.54. The summed E-state index contributed by atoms with van der Waals surface area (Å²) < 4.78 is 5.60. The van der Waals surface area contributed by atoms with Crippen molar-refractivity contribution >= 4 is 17.6 Å². The summed E-state index contributed by atoms with van der Waals surface area (Å²) >= 11 is 0. The van der Waals surface area contributed by atoms with Crippen LogP contribution in [-0.2, 0) is 9.59 Å². The lowest BCUT2D eigenvalue weighted by Gasteiger charge is -2.24. The van der Waals surface area contributed by atoms with Crippen molar-refractivity contribution in [2.75, 3.05) is 11.9 Å². The molecular weight excluding hydrogens is 282 g/mol. The molecule has 1 aliphatic rings. The molecule has 0 unspecified atom stereocenters. The van der Waals surface area contributed by atoms with E-state index in [1.807, 2.05) is 31.2 Å². The van der Waals surface area contributed by atoms with Crippen molar-refractivity contribution in [1.29, 1.82) is 0 Å². The minimum Gasteiger partial charge on any atom is -0.491 e. The Hall–Kier alpha value is -2.30. The summed E-state index contributed by atoms with van der Waals surface area (Å²) in [6.45, 7) is 2.57. The Kier molecular flexibility index (Phi) is 5.58. The van der Waals surface area contributed by atoms with Crippen molar-refractivity contribution in [3.05, 3.63) is 36.4 Å². The summed E-state index contributed by atoms with van der Waals surface area (Å²) in [5.74, 6) is -1.82. The molecule has 0 radical (unpaired) electrons. The Bertz CT molecular complexity index is 568. The van der Waals surface area contributed by atoms with Crippen molar-refractivity contribution in [2.24, 2.45) is 11.8 Å². The van der Waals surface area contributed by atoms with Crippen LogP contribution >= 0.6 is 0 Å². The zero-order valence-electron chi connectivity index (χ0n) is 12.6. The van der Waals surface area contributed by atoms with Gasteiger partial charge in [-0.15, -0.1) is 0 Å². The Morgan fingerprint density at radius 2 is 1.91 bits per heavy atom. The van der Waals surface area contributed by atoms with Crippen LogP contribution in [0, 0.1) is 11.8 Å². The van der Waals surface area contributed by atoms with E-state index in [-0.39, 0.29) is 5.91 Å². The highest BCUT2D eigenvalue weighted by molar-refractivity contribution is 5.96. The average molecular weight is 303 g/mol. The predicted octanol–water partition coefficient (Wildman–Crippen LogP) is 3.08. The van der Waals surface area contributed by atoms with Crippen LogP contribution in [-0.4, -0.2) is 23.6 Å². The van der Waals surface area contributed by atoms with Gasteiger partial charge in [0.05, 0.1) is 24.1 Å². The number of carbonyl (C=O) groups is 2. The predicted molar refractivity (Wildman–Crippen MR) is 83.8 cm³/mol. The van der Waals surface area contributed by atoms with Crippen LogP contribution in [0.2, 0.25) is 0 Å². The maximum Gasteiger partial charge on any atom is 0.307 e. The van der Waals surface area contributed by atoms with Gasteiger partial charge in [-0.3, -0.25) is 9.59 Å². The number of benzene rings is 1. The van der Waals surface area contributed by atoms with Gasteiger partial charge in [0, 0.05) is 0 Å². The molecule has 0 spiro atoms. The molecule has 1 aromatic rings. The number of carboxylic acid groups (broad SMARTS) is 1. The number of hydrogen-bond acceptors (Lipinski definition) is 3. The SMILES string of the molecule is CCCOc1ccccc1NC(=O)[C@H]1CC=CC[C@@H]1C(=O)O. The fraction of sp³-hybridized carbons (Fsp3) is 0.412. The second kappa shape index (κ2) is 7.64. The van der Waals surface area contributed by atoms with Crippen molar-refractivity contribution < 1.29 is 19.4 Å². The molecule has 2 atom stereocenters. The van der Waals surface area contributed by atoms with Gasteiger partial charge in [-0.25, -0.2) is 0 Å². The Labute approximate surface area is 130 Å². The Morgan fingerprint density at radius 1 is 1.23 bits per heavy atom. The van der Waals surface area contributed by atoms with Crippen molar-refractivity contribution in [2.45, 2.75) is 26.2 Å². The van der Waals surface area contributed by atoms with Gasteiger partial charge in [-0.1, -0.05) is 31.2 Å². The van der Waals surface area contributed by atoms with E-state index in [0.717, 1.165) is 6.42 Å². The van der Waals surface area contributed by atoms with E-state index in [9.17, 15) is 14.7 Å². The van der Waals surface area contributed by atoms with E-state index in [1.165, 1.54) is 0 Å². The summed E-state index contributed by atoms with van der Waals surface area (Å²) in [4.78, 5) is 23.7. The van der Waals surface area contributed by atoms with Gasteiger partial charge in [0.15, 0.2) is 0 Å². The third-order valence-corrected chi connectivity index (χ3v) is 3.69. The lowest BCUT2D eigenvalue weighted by Crippen LogP contribution is -2.34. The zero-order valence-corrected chi connectivity index (χ0v) is 12.6. The fourth-order valence-corrected chi connectivity index (χ4v) is 2.51. The van der Waals surface area contributed by atoms with Crippen LogP contribution in [0.1, 0.15) is 26.2 Å². The number of carbonyl (C=O) groups excluding carboxylic acids is 1. The number of nitrogens with one attached hydrogen (secondary N) is 1. The molecule has 2 rings (SSSR count). The van der Waals surface area contributed by atoms with Gasteiger partial charge in [-0.2, -0.15) is 0 Å². The fourth-order valence-electron chi connectivity index (χ4n) is 2.51. The second-order valence-electron chi connectivity index (χ2n) is 5.33. The summed E-state index contributed by atoms with van der Waals surface area (Å²) in [6.07, 6.45) is 5.39. The molecule has 5 heteroatoms. The van der Waals surface area contributed by atoms with Crippen LogP contribution in [0.3, 0.4) is 0 Å². The molecule has 2 N–H and O–H groups in total. The van der Waals surface area contributed by atoms with E-state index in [2.05, 4.69) is 5.32 Å². The minimum absolute atomic E-state index is 0.274.